The molecule has 0 radical (unpaired) electrons. The van der Waals surface area contributed by atoms with Gasteiger partial charge < -0.3 is 5.11 Å². The van der Waals surface area contributed by atoms with Crippen LogP contribution < -0.4 is 0 Å². The Hall–Kier alpha value is -1.34. The predicted molar refractivity (Wildman–Crippen MR) is 62.7 cm³/mol. The number of rotatable bonds is 3. The van der Waals surface area contributed by atoms with Gasteiger partial charge in [-0.2, -0.15) is 0 Å². The fourth-order valence-corrected chi connectivity index (χ4v) is 2.23. The molecule has 1 N–H and O–H groups in total. The molecule has 1 heteroatoms. The minimum Gasteiger partial charge on any atom is -0.385 e. The second-order valence-electron chi connectivity index (χ2n) is 4.06. The Morgan fingerprint density at radius 3 is 2.60 bits per heavy atom. The summed E-state index contributed by atoms with van der Waals surface area (Å²) in [4.78, 5) is 0. The number of hydrogen-bond donors (Lipinski definition) is 1. The zero-order valence-corrected chi connectivity index (χ0v) is 8.76. The molecule has 0 bridgehead atoms. The molecule has 0 heterocycles. The predicted octanol–water partition coefficient (Wildman–Crippen LogP) is 3.04. The van der Waals surface area contributed by atoms with E-state index in [0.717, 1.165) is 18.4 Å². The van der Waals surface area contributed by atoms with Gasteiger partial charge in [0.05, 0.1) is 5.60 Å². The van der Waals surface area contributed by atoms with Crippen LogP contribution in [0.2, 0.25) is 0 Å². The Balaban J connectivity index is 2.32. The lowest BCUT2D eigenvalue weighted by Gasteiger charge is -2.29. The first-order valence-corrected chi connectivity index (χ1v) is 5.34. The molecule has 0 unspecified atom stereocenters. The third-order valence-electron chi connectivity index (χ3n) is 3.05. The molecule has 15 heavy (non-hydrogen) atoms. The lowest BCUT2D eigenvalue weighted by molar-refractivity contribution is 0.0758. The van der Waals surface area contributed by atoms with Crippen LogP contribution in [0, 0.1) is 0 Å². The van der Waals surface area contributed by atoms with Crippen molar-refractivity contribution < 1.29 is 5.11 Å². The Kier molecular flexibility index (Phi) is 2.74. The van der Waals surface area contributed by atoms with Crippen LogP contribution >= 0.6 is 0 Å². The lowest BCUT2D eigenvalue weighted by atomic mass is 9.82. The highest BCUT2D eigenvalue weighted by Gasteiger charge is 2.34. The number of hydrogen-bond acceptors (Lipinski definition) is 1. The smallest absolute Gasteiger partial charge is 0.0933 e. The van der Waals surface area contributed by atoms with Crippen LogP contribution in [-0.2, 0) is 0 Å². The Morgan fingerprint density at radius 1 is 1.33 bits per heavy atom. The molecule has 78 valence electrons. The number of allylic oxidation sites excluding steroid dienone is 1. The molecule has 0 aromatic heterocycles. The van der Waals surface area contributed by atoms with Crippen LogP contribution in [0.15, 0.2) is 55.1 Å². The average molecular weight is 200 g/mol. The Morgan fingerprint density at radius 2 is 2.07 bits per heavy atom. The van der Waals surface area contributed by atoms with E-state index in [0.29, 0.717) is 0 Å². The molecule has 1 aromatic carbocycles. The van der Waals surface area contributed by atoms with E-state index >= 15 is 0 Å². The van der Waals surface area contributed by atoms with Crippen molar-refractivity contribution in [2.45, 2.75) is 24.4 Å². The molecular formula is C14H16O. The summed E-state index contributed by atoms with van der Waals surface area (Å²) in [6.07, 6.45) is 7.53. The van der Waals surface area contributed by atoms with Crippen molar-refractivity contribution in [3.8, 4) is 0 Å². The molecule has 2 atom stereocenters. The largest absolute Gasteiger partial charge is 0.385 e. The molecule has 0 saturated heterocycles. The zero-order valence-electron chi connectivity index (χ0n) is 8.76. The summed E-state index contributed by atoms with van der Waals surface area (Å²) in [5, 5.41) is 10.4. The van der Waals surface area contributed by atoms with Crippen LogP contribution in [0.5, 0.6) is 0 Å². The minimum atomic E-state index is -0.733. The summed E-state index contributed by atoms with van der Waals surface area (Å²) in [6, 6.07) is 10.0. The first-order valence-electron chi connectivity index (χ1n) is 5.34. The van der Waals surface area contributed by atoms with E-state index in [4.69, 9.17) is 0 Å². The van der Waals surface area contributed by atoms with E-state index in [9.17, 15) is 5.11 Å². The highest BCUT2D eigenvalue weighted by Crippen LogP contribution is 2.37. The average Bonchev–Trinajstić information content (AvgIpc) is 2.68. The van der Waals surface area contributed by atoms with Gasteiger partial charge >= 0.3 is 0 Å². The molecule has 1 aliphatic rings. The maximum absolute atomic E-state index is 10.4. The summed E-state index contributed by atoms with van der Waals surface area (Å²) in [7, 11) is 0. The third kappa shape index (κ3) is 1.88. The van der Waals surface area contributed by atoms with Crippen LogP contribution in [0.4, 0.5) is 0 Å². The van der Waals surface area contributed by atoms with Crippen molar-refractivity contribution in [3.63, 3.8) is 0 Å². The normalized spacial score (nSPS) is 26.5. The number of benzene rings is 1. The molecule has 1 aromatic rings. The molecule has 0 fully saturated rings. The first kappa shape index (κ1) is 10.2. The summed E-state index contributed by atoms with van der Waals surface area (Å²) in [5.41, 5.74) is 0.393. The third-order valence-corrected chi connectivity index (χ3v) is 3.05. The van der Waals surface area contributed by atoms with Gasteiger partial charge in [0.15, 0.2) is 0 Å². The highest BCUT2D eigenvalue weighted by atomic mass is 16.3. The van der Waals surface area contributed by atoms with Crippen LogP contribution in [0.3, 0.4) is 0 Å². The van der Waals surface area contributed by atoms with E-state index in [1.807, 2.05) is 48.6 Å². The van der Waals surface area contributed by atoms with E-state index < -0.39 is 5.60 Å². The topological polar surface area (TPSA) is 20.2 Å². The van der Waals surface area contributed by atoms with E-state index in [-0.39, 0.29) is 5.92 Å². The van der Waals surface area contributed by atoms with Gasteiger partial charge in [0.25, 0.3) is 0 Å². The molecule has 0 amide bonds. The van der Waals surface area contributed by atoms with Gasteiger partial charge in [-0.15, -0.1) is 6.58 Å². The van der Waals surface area contributed by atoms with Crippen molar-refractivity contribution in [2.75, 3.05) is 0 Å². The van der Waals surface area contributed by atoms with Gasteiger partial charge in [-0.25, -0.2) is 0 Å². The van der Waals surface area contributed by atoms with Crippen LogP contribution in [0.1, 0.15) is 24.3 Å². The standard InChI is InChI=1S/C14H16O/c1-2-13(12-8-4-3-5-9-12)14(15)10-6-7-11-14/h2-6,8-10,13,15H,1,7,11H2/t13-,14-/m0/s1. The van der Waals surface area contributed by atoms with Gasteiger partial charge in [0.2, 0.25) is 0 Å². The molecule has 0 saturated carbocycles. The lowest BCUT2D eigenvalue weighted by Crippen LogP contribution is -2.30. The summed E-state index contributed by atoms with van der Waals surface area (Å²) >= 11 is 0. The second-order valence-corrected chi connectivity index (χ2v) is 4.06. The van der Waals surface area contributed by atoms with Crippen LogP contribution in [0.25, 0.3) is 0 Å². The molecule has 1 aliphatic carbocycles. The second kappa shape index (κ2) is 4.03. The maximum atomic E-state index is 10.4. The first-order chi connectivity index (χ1) is 7.26. The van der Waals surface area contributed by atoms with Gasteiger partial charge in [-0.3, -0.25) is 0 Å². The minimum absolute atomic E-state index is 0.00236. The summed E-state index contributed by atoms with van der Waals surface area (Å²) < 4.78 is 0. The fraction of sp³-hybridized carbons (Fsp3) is 0.286. The highest BCUT2D eigenvalue weighted by molar-refractivity contribution is 5.31. The van der Waals surface area contributed by atoms with Gasteiger partial charge in [-0.05, 0) is 18.4 Å². The maximum Gasteiger partial charge on any atom is 0.0933 e. The van der Waals surface area contributed by atoms with Gasteiger partial charge in [0, 0.05) is 5.92 Å². The monoisotopic (exact) mass is 200 g/mol. The Labute approximate surface area is 90.8 Å². The Bertz CT molecular complexity index is 366. The quantitative estimate of drug-likeness (QED) is 0.743. The van der Waals surface area contributed by atoms with Gasteiger partial charge in [-0.1, -0.05) is 48.6 Å². The van der Waals surface area contributed by atoms with E-state index in [1.165, 1.54) is 0 Å². The molecular weight excluding hydrogens is 184 g/mol. The number of aliphatic hydroxyl groups is 1. The molecule has 0 aliphatic heterocycles. The molecule has 2 rings (SSSR count). The van der Waals surface area contributed by atoms with E-state index in [1.54, 1.807) is 0 Å². The SMILES string of the molecule is C=C[C@@H](c1ccccc1)[C@]1(O)C=CCC1. The molecule has 1 nitrogen and oxygen atoms in total. The summed E-state index contributed by atoms with van der Waals surface area (Å²) in [5.74, 6) is -0.00236. The van der Waals surface area contributed by atoms with E-state index in [2.05, 4.69) is 6.58 Å². The van der Waals surface area contributed by atoms with Crippen molar-refractivity contribution in [1.82, 2.24) is 0 Å². The van der Waals surface area contributed by atoms with Crippen molar-refractivity contribution in [3.05, 3.63) is 60.7 Å². The summed E-state index contributed by atoms with van der Waals surface area (Å²) in [6.45, 7) is 3.83. The van der Waals surface area contributed by atoms with Crippen molar-refractivity contribution in [2.24, 2.45) is 0 Å². The van der Waals surface area contributed by atoms with Crippen molar-refractivity contribution >= 4 is 0 Å². The van der Waals surface area contributed by atoms with Gasteiger partial charge in [0.1, 0.15) is 0 Å². The fourth-order valence-electron chi connectivity index (χ4n) is 2.23. The van der Waals surface area contributed by atoms with Crippen LogP contribution in [-0.4, -0.2) is 10.7 Å². The van der Waals surface area contributed by atoms with Crippen molar-refractivity contribution in [1.29, 1.82) is 0 Å². The zero-order chi connectivity index (χ0) is 10.7. The molecule has 0 spiro atoms.